The maximum absolute atomic E-state index is 11.7. The lowest BCUT2D eigenvalue weighted by molar-refractivity contribution is -0.122. The number of aryl methyl sites for hydroxylation is 3. The highest BCUT2D eigenvalue weighted by molar-refractivity contribution is 5.81. The zero-order valence-electron chi connectivity index (χ0n) is 11.2. The largest absolute Gasteiger partial charge is 0.355 e. The lowest BCUT2D eigenvalue weighted by Gasteiger charge is -2.11. The monoisotopic (exact) mass is 250 g/mol. The molecule has 0 bridgehead atoms. The molecule has 1 aliphatic heterocycles. The first-order valence-corrected chi connectivity index (χ1v) is 6.69. The molecule has 1 atom stereocenters. The molecule has 1 amide bonds. The van der Waals surface area contributed by atoms with Gasteiger partial charge in [0.15, 0.2) is 0 Å². The SMILES string of the molecule is Cc1cc(C)n(CCCNC(=O)C2CCCN2)n1. The number of hydrogen-bond donors (Lipinski definition) is 2. The summed E-state index contributed by atoms with van der Waals surface area (Å²) in [6.45, 7) is 6.59. The van der Waals surface area contributed by atoms with Crippen LogP contribution < -0.4 is 10.6 Å². The fourth-order valence-electron chi connectivity index (χ4n) is 2.37. The minimum atomic E-state index is 0.0266. The molecule has 5 heteroatoms. The second-order valence-electron chi connectivity index (χ2n) is 4.94. The number of amides is 1. The van der Waals surface area contributed by atoms with Crippen molar-refractivity contribution >= 4 is 5.91 Å². The van der Waals surface area contributed by atoms with Gasteiger partial charge in [0.2, 0.25) is 5.91 Å². The Kier molecular flexibility index (Phi) is 4.36. The maximum Gasteiger partial charge on any atom is 0.237 e. The summed E-state index contributed by atoms with van der Waals surface area (Å²) in [6.07, 6.45) is 2.98. The van der Waals surface area contributed by atoms with Crippen LogP contribution in [0.1, 0.15) is 30.7 Å². The van der Waals surface area contributed by atoms with Crippen molar-refractivity contribution < 1.29 is 4.79 Å². The molecule has 2 rings (SSSR count). The van der Waals surface area contributed by atoms with Gasteiger partial charge < -0.3 is 10.6 Å². The van der Waals surface area contributed by atoms with Gasteiger partial charge in [-0.25, -0.2) is 0 Å². The second kappa shape index (κ2) is 6.00. The van der Waals surface area contributed by atoms with E-state index in [0.717, 1.165) is 44.6 Å². The van der Waals surface area contributed by atoms with Crippen LogP contribution in [-0.4, -0.2) is 34.8 Å². The predicted molar refractivity (Wildman–Crippen MR) is 70.4 cm³/mol. The smallest absolute Gasteiger partial charge is 0.237 e. The zero-order chi connectivity index (χ0) is 13.0. The molecular weight excluding hydrogens is 228 g/mol. The molecule has 2 N–H and O–H groups in total. The molecule has 2 heterocycles. The molecule has 0 radical (unpaired) electrons. The van der Waals surface area contributed by atoms with Gasteiger partial charge in [0.25, 0.3) is 0 Å². The molecule has 1 aliphatic rings. The molecule has 0 spiro atoms. The average molecular weight is 250 g/mol. The number of carbonyl (C=O) groups is 1. The van der Waals surface area contributed by atoms with Gasteiger partial charge in [-0.1, -0.05) is 0 Å². The van der Waals surface area contributed by atoms with Crippen molar-refractivity contribution in [1.82, 2.24) is 20.4 Å². The van der Waals surface area contributed by atoms with E-state index in [1.54, 1.807) is 0 Å². The van der Waals surface area contributed by atoms with Gasteiger partial charge in [-0.2, -0.15) is 5.10 Å². The van der Waals surface area contributed by atoms with Gasteiger partial charge in [-0.05, 0) is 45.7 Å². The Morgan fingerprint density at radius 3 is 3.06 bits per heavy atom. The minimum Gasteiger partial charge on any atom is -0.355 e. The molecule has 18 heavy (non-hydrogen) atoms. The fourth-order valence-corrected chi connectivity index (χ4v) is 2.37. The van der Waals surface area contributed by atoms with Crippen LogP contribution >= 0.6 is 0 Å². The number of carbonyl (C=O) groups excluding carboxylic acids is 1. The van der Waals surface area contributed by atoms with Crippen LogP contribution in [0.5, 0.6) is 0 Å². The molecule has 1 aromatic heterocycles. The van der Waals surface area contributed by atoms with E-state index in [4.69, 9.17) is 0 Å². The second-order valence-corrected chi connectivity index (χ2v) is 4.94. The Morgan fingerprint density at radius 2 is 2.44 bits per heavy atom. The van der Waals surface area contributed by atoms with E-state index in [2.05, 4.69) is 28.7 Å². The highest BCUT2D eigenvalue weighted by Gasteiger charge is 2.21. The third kappa shape index (κ3) is 3.32. The summed E-state index contributed by atoms with van der Waals surface area (Å²) in [7, 11) is 0. The zero-order valence-corrected chi connectivity index (χ0v) is 11.2. The van der Waals surface area contributed by atoms with Gasteiger partial charge in [-0.15, -0.1) is 0 Å². The summed E-state index contributed by atoms with van der Waals surface area (Å²) in [4.78, 5) is 11.7. The molecule has 0 aliphatic carbocycles. The summed E-state index contributed by atoms with van der Waals surface area (Å²) in [5.74, 6) is 0.140. The van der Waals surface area contributed by atoms with E-state index in [1.165, 1.54) is 5.69 Å². The van der Waals surface area contributed by atoms with Crippen molar-refractivity contribution in [2.45, 2.75) is 45.7 Å². The number of hydrogen-bond acceptors (Lipinski definition) is 3. The van der Waals surface area contributed by atoms with Gasteiger partial charge in [0.05, 0.1) is 11.7 Å². The summed E-state index contributed by atoms with van der Waals surface area (Å²) in [5.41, 5.74) is 2.22. The van der Waals surface area contributed by atoms with E-state index < -0.39 is 0 Å². The molecule has 100 valence electrons. The molecule has 1 unspecified atom stereocenters. The summed E-state index contributed by atoms with van der Waals surface area (Å²) in [6, 6.07) is 2.10. The minimum absolute atomic E-state index is 0.0266. The number of nitrogens with one attached hydrogen (secondary N) is 2. The Labute approximate surface area is 108 Å². The first-order valence-electron chi connectivity index (χ1n) is 6.69. The Hall–Kier alpha value is -1.36. The summed E-state index contributed by atoms with van der Waals surface area (Å²) >= 11 is 0. The normalized spacial score (nSPS) is 19.1. The fraction of sp³-hybridized carbons (Fsp3) is 0.692. The Morgan fingerprint density at radius 1 is 1.61 bits per heavy atom. The van der Waals surface area contributed by atoms with Crippen LogP contribution in [0, 0.1) is 13.8 Å². The summed E-state index contributed by atoms with van der Waals surface area (Å²) in [5, 5.41) is 10.6. The van der Waals surface area contributed by atoms with Crippen LogP contribution in [0.25, 0.3) is 0 Å². The van der Waals surface area contributed by atoms with Crippen LogP contribution in [-0.2, 0) is 11.3 Å². The average Bonchev–Trinajstić information content (AvgIpc) is 2.94. The van der Waals surface area contributed by atoms with E-state index in [0.29, 0.717) is 0 Å². The molecule has 1 fully saturated rings. The molecule has 1 aromatic rings. The molecule has 0 aromatic carbocycles. The third-order valence-electron chi connectivity index (χ3n) is 3.33. The topological polar surface area (TPSA) is 59.0 Å². The molecule has 0 saturated carbocycles. The van der Waals surface area contributed by atoms with Crippen molar-refractivity contribution in [2.24, 2.45) is 0 Å². The standard InChI is InChI=1S/C13H22N4O/c1-10-9-11(2)17(16-10)8-4-7-15-13(18)12-5-3-6-14-12/h9,12,14H,3-8H2,1-2H3,(H,15,18). The number of aromatic nitrogens is 2. The van der Waals surface area contributed by atoms with Crippen molar-refractivity contribution in [3.63, 3.8) is 0 Å². The Bertz CT molecular complexity index is 407. The highest BCUT2D eigenvalue weighted by atomic mass is 16.2. The van der Waals surface area contributed by atoms with E-state index >= 15 is 0 Å². The highest BCUT2D eigenvalue weighted by Crippen LogP contribution is 2.05. The molecule has 5 nitrogen and oxygen atoms in total. The van der Waals surface area contributed by atoms with Crippen molar-refractivity contribution in [3.8, 4) is 0 Å². The van der Waals surface area contributed by atoms with Crippen molar-refractivity contribution in [2.75, 3.05) is 13.1 Å². The van der Waals surface area contributed by atoms with Crippen molar-refractivity contribution in [1.29, 1.82) is 0 Å². The van der Waals surface area contributed by atoms with E-state index in [-0.39, 0.29) is 11.9 Å². The van der Waals surface area contributed by atoms with Crippen LogP contribution in [0.15, 0.2) is 6.07 Å². The van der Waals surface area contributed by atoms with Gasteiger partial charge in [-0.3, -0.25) is 9.48 Å². The first kappa shape index (κ1) is 13.1. The third-order valence-corrected chi connectivity index (χ3v) is 3.33. The lowest BCUT2D eigenvalue weighted by atomic mass is 10.2. The van der Waals surface area contributed by atoms with Crippen LogP contribution in [0.2, 0.25) is 0 Å². The Balaban J connectivity index is 1.66. The summed E-state index contributed by atoms with van der Waals surface area (Å²) < 4.78 is 2.00. The molecule has 1 saturated heterocycles. The first-order chi connectivity index (χ1) is 8.66. The van der Waals surface area contributed by atoms with E-state index in [1.807, 2.05) is 11.6 Å². The van der Waals surface area contributed by atoms with Crippen LogP contribution in [0.3, 0.4) is 0 Å². The molecular formula is C13H22N4O. The van der Waals surface area contributed by atoms with Gasteiger partial charge >= 0.3 is 0 Å². The van der Waals surface area contributed by atoms with E-state index in [9.17, 15) is 4.79 Å². The van der Waals surface area contributed by atoms with Crippen molar-refractivity contribution in [3.05, 3.63) is 17.5 Å². The van der Waals surface area contributed by atoms with Gasteiger partial charge in [0, 0.05) is 18.8 Å². The van der Waals surface area contributed by atoms with Crippen LogP contribution in [0.4, 0.5) is 0 Å². The van der Waals surface area contributed by atoms with Gasteiger partial charge in [0.1, 0.15) is 0 Å². The lowest BCUT2D eigenvalue weighted by Crippen LogP contribution is -2.40. The number of nitrogens with zero attached hydrogens (tertiary/aromatic N) is 2. The quantitative estimate of drug-likeness (QED) is 0.758. The number of rotatable bonds is 5. The maximum atomic E-state index is 11.7. The predicted octanol–water partition coefficient (Wildman–Crippen LogP) is 0.758.